The Hall–Kier alpha value is -3.38. The van der Waals surface area contributed by atoms with Gasteiger partial charge in [-0.15, -0.1) is 0 Å². The van der Waals surface area contributed by atoms with Crippen molar-refractivity contribution in [1.82, 2.24) is 24.4 Å². The van der Waals surface area contributed by atoms with E-state index in [1.807, 2.05) is 9.80 Å². The fourth-order valence-corrected chi connectivity index (χ4v) is 5.39. The Balaban J connectivity index is 1.26. The van der Waals surface area contributed by atoms with E-state index < -0.39 is 6.43 Å². The van der Waals surface area contributed by atoms with Gasteiger partial charge in [-0.05, 0) is 37.3 Å². The molecular weight excluding hydrogens is 496 g/mol. The van der Waals surface area contributed by atoms with Crippen molar-refractivity contribution in [2.24, 2.45) is 5.92 Å². The highest BCUT2D eigenvalue weighted by molar-refractivity contribution is 5.81. The van der Waals surface area contributed by atoms with Crippen LogP contribution >= 0.6 is 0 Å². The molecule has 3 aliphatic rings. The van der Waals surface area contributed by atoms with Crippen LogP contribution in [-0.2, 0) is 14.3 Å². The molecule has 10 nitrogen and oxygen atoms in total. The number of hydrogen-bond acceptors (Lipinski definition) is 8. The maximum Gasteiger partial charge on any atom is 0.296 e. The maximum absolute atomic E-state index is 14.1. The first kappa shape index (κ1) is 24.9. The molecule has 1 aromatic carbocycles. The second-order valence-electron chi connectivity index (χ2n) is 9.93. The van der Waals surface area contributed by atoms with Gasteiger partial charge < -0.3 is 24.6 Å². The number of anilines is 2. The van der Waals surface area contributed by atoms with Crippen LogP contribution < -0.4 is 10.2 Å². The molecule has 3 aliphatic heterocycles. The number of ether oxygens (including phenoxy) is 2. The highest BCUT2D eigenvalue weighted by Crippen LogP contribution is 2.29. The zero-order valence-electron chi connectivity index (χ0n) is 21.1. The van der Waals surface area contributed by atoms with Gasteiger partial charge in [0.05, 0.1) is 24.2 Å². The lowest BCUT2D eigenvalue weighted by Crippen LogP contribution is -2.38. The number of para-hydroxylation sites is 2. The molecular formula is C26H31F2N7O3. The number of fused-ring (bicyclic) bond motifs is 1. The van der Waals surface area contributed by atoms with Crippen LogP contribution in [0.1, 0.15) is 31.5 Å². The summed E-state index contributed by atoms with van der Waals surface area (Å²) in [5, 5.41) is 3.39. The molecule has 202 valence electrons. The van der Waals surface area contributed by atoms with E-state index in [-0.39, 0.29) is 23.8 Å². The Kier molecular flexibility index (Phi) is 7.07. The van der Waals surface area contributed by atoms with Crippen LogP contribution in [0.25, 0.3) is 16.9 Å². The number of nitrogens with one attached hydrogen (secondary N) is 1. The molecule has 5 heterocycles. The van der Waals surface area contributed by atoms with Gasteiger partial charge in [-0.3, -0.25) is 9.36 Å². The lowest BCUT2D eigenvalue weighted by molar-refractivity contribution is -0.139. The van der Waals surface area contributed by atoms with Gasteiger partial charge in [-0.25, -0.2) is 13.8 Å². The SMILES string of the molecule is O=C([C@@H]1CCCO1)N1CC[C@H](CNc2cc(-n3c(C(F)F)nc4ccccc43)nc(N3CCOCC3)n2)C1. The van der Waals surface area contributed by atoms with Gasteiger partial charge in [0.25, 0.3) is 12.3 Å². The molecule has 12 heteroatoms. The summed E-state index contributed by atoms with van der Waals surface area (Å²) in [5.41, 5.74) is 1.03. The molecule has 0 saturated carbocycles. The minimum Gasteiger partial charge on any atom is -0.378 e. The van der Waals surface area contributed by atoms with Crippen LogP contribution in [0.4, 0.5) is 20.5 Å². The van der Waals surface area contributed by atoms with Gasteiger partial charge in [0.1, 0.15) is 17.7 Å². The quantitative estimate of drug-likeness (QED) is 0.501. The minimum absolute atomic E-state index is 0.0791. The Morgan fingerprint density at radius 1 is 1.08 bits per heavy atom. The zero-order chi connectivity index (χ0) is 26.1. The molecule has 38 heavy (non-hydrogen) atoms. The number of rotatable bonds is 7. The van der Waals surface area contributed by atoms with Crippen LogP contribution in [0.2, 0.25) is 0 Å². The smallest absolute Gasteiger partial charge is 0.296 e. The van der Waals surface area contributed by atoms with Crippen LogP contribution in [-0.4, -0.2) is 89.0 Å². The second kappa shape index (κ2) is 10.8. The Labute approximate surface area is 218 Å². The number of morpholine rings is 1. The number of benzene rings is 1. The predicted molar refractivity (Wildman–Crippen MR) is 137 cm³/mol. The molecule has 1 amide bonds. The van der Waals surface area contributed by atoms with Crippen molar-refractivity contribution >= 4 is 28.7 Å². The number of halogens is 2. The summed E-state index contributed by atoms with van der Waals surface area (Å²) in [7, 11) is 0. The van der Waals surface area contributed by atoms with Gasteiger partial charge in [0, 0.05) is 45.4 Å². The average molecular weight is 528 g/mol. The number of nitrogens with zero attached hydrogens (tertiary/aromatic N) is 6. The van der Waals surface area contributed by atoms with E-state index in [0.717, 1.165) is 19.3 Å². The van der Waals surface area contributed by atoms with E-state index in [2.05, 4.69) is 10.3 Å². The topological polar surface area (TPSA) is 97.6 Å². The number of alkyl halides is 2. The summed E-state index contributed by atoms with van der Waals surface area (Å²) in [6.07, 6.45) is -0.490. The maximum atomic E-state index is 14.1. The number of likely N-dealkylation sites (tertiary alicyclic amines) is 1. The number of hydrogen-bond donors (Lipinski definition) is 1. The Morgan fingerprint density at radius 2 is 1.92 bits per heavy atom. The van der Waals surface area contributed by atoms with Crippen molar-refractivity contribution in [1.29, 1.82) is 0 Å². The summed E-state index contributed by atoms with van der Waals surface area (Å²) < 4.78 is 40.6. The first-order valence-electron chi connectivity index (χ1n) is 13.2. The number of carbonyl (C=O) groups excluding carboxylic acids is 1. The monoisotopic (exact) mass is 527 g/mol. The summed E-state index contributed by atoms with van der Waals surface area (Å²) in [6, 6.07) is 8.73. The normalized spacial score (nSPS) is 22.1. The van der Waals surface area contributed by atoms with E-state index in [1.165, 1.54) is 4.57 Å². The van der Waals surface area contributed by atoms with Crippen molar-refractivity contribution in [3.8, 4) is 5.82 Å². The van der Waals surface area contributed by atoms with Crippen molar-refractivity contribution in [3.05, 3.63) is 36.2 Å². The van der Waals surface area contributed by atoms with E-state index in [0.29, 0.717) is 81.2 Å². The second-order valence-corrected chi connectivity index (χ2v) is 9.93. The molecule has 0 bridgehead atoms. The van der Waals surface area contributed by atoms with E-state index >= 15 is 0 Å². The summed E-state index contributed by atoms with van der Waals surface area (Å²) in [5.74, 6) is 1.29. The van der Waals surface area contributed by atoms with Crippen LogP contribution in [0, 0.1) is 5.92 Å². The van der Waals surface area contributed by atoms with Gasteiger partial charge in [-0.2, -0.15) is 9.97 Å². The molecule has 3 saturated heterocycles. The highest BCUT2D eigenvalue weighted by Gasteiger charge is 2.33. The third kappa shape index (κ3) is 5.02. The Bertz CT molecular complexity index is 1290. The minimum atomic E-state index is -2.77. The Morgan fingerprint density at radius 3 is 2.71 bits per heavy atom. The average Bonchev–Trinajstić information content (AvgIpc) is 3.72. The van der Waals surface area contributed by atoms with E-state index in [1.54, 1.807) is 30.3 Å². The fourth-order valence-electron chi connectivity index (χ4n) is 5.39. The van der Waals surface area contributed by atoms with Gasteiger partial charge in [0.15, 0.2) is 5.82 Å². The van der Waals surface area contributed by atoms with Gasteiger partial charge in [-0.1, -0.05) is 12.1 Å². The zero-order valence-corrected chi connectivity index (χ0v) is 21.1. The molecule has 0 spiro atoms. The van der Waals surface area contributed by atoms with Gasteiger partial charge >= 0.3 is 0 Å². The van der Waals surface area contributed by atoms with Crippen molar-refractivity contribution in [2.75, 3.05) is 62.8 Å². The molecule has 3 fully saturated rings. The first-order chi connectivity index (χ1) is 18.6. The molecule has 0 aliphatic carbocycles. The summed E-state index contributed by atoms with van der Waals surface area (Å²) >= 11 is 0. The number of imidazole rings is 1. The van der Waals surface area contributed by atoms with E-state index in [4.69, 9.17) is 19.4 Å². The number of amides is 1. The molecule has 0 unspecified atom stereocenters. The number of carbonyl (C=O) groups is 1. The van der Waals surface area contributed by atoms with Crippen molar-refractivity contribution < 1.29 is 23.0 Å². The first-order valence-corrected chi connectivity index (χ1v) is 13.2. The fraction of sp³-hybridized carbons (Fsp3) is 0.538. The third-order valence-corrected chi connectivity index (χ3v) is 7.38. The lowest BCUT2D eigenvalue weighted by atomic mass is 10.1. The standard InChI is InChI=1S/C26H31F2N7O3/c27-23(28)24-30-18-4-1-2-5-19(18)35(24)22-14-21(31-26(32-22)33-9-12-37-13-10-33)29-15-17-7-8-34(16-17)25(36)20-6-3-11-38-20/h1-2,4-5,14,17,20,23H,3,6-13,15-16H2,(H,29,31,32)/t17-,20+/m1/s1. The molecule has 3 aromatic rings. The lowest BCUT2D eigenvalue weighted by Gasteiger charge is -2.27. The van der Waals surface area contributed by atoms with Gasteiger partial charge in [0.2, 0.25) is 5.95 Å². The van der Waals surface area contributed by atoms with Crippen LogP contribution in [0.5, 0.6) is 0 Å². The predicted octanol–water partition coefficient (Wildman–Crippen LogP) is 3.03. The molecule has 2 aromatic heterocycles. The van der Waals surface area contributed by atoms with Crippen molar-refractivity contribution in [3.63, 3.8) is 0 Å². The molecule has 6 rings (SSSR count). The van der Waals surface area contributed by atoms with Crippen LogP contribution in [0.3, 0.4) is 0 Å². The molecule has 0 radical (unpaired) electrons. The molecule has 2 atom stereocenters. The number of aromatic nitrogens is 4. The molecule has 1 N–H and O–H groups in total. The van der Waals surface area contributed by atoms with Crippen LogP contribution in [0.15, 0.2) is 30.3 Å². The van der Waals surface area contributed by atoms with Crippen molar-refractivity contribution in [2.45, 2.75) is 31.8 Å². The summed E-state index contributed by atoms with van der Waals surface area (Å²) in [6.45, 7) is 4.92. The largest absolute Gasteiger partial charge is 0.378 e. The van der Waals surface area contributed by atoms with E-state index in [9.17, 15) is 13.6 Å². The summed E-state index contributed by atoms with van der Waals surface area (Å²) in [4.78, 5) is 30.2. The third-order valence-electron chi connectivity index (χ3n) is 7.38. The highest BCUT2D eigenvalue weighted by atomic mass is 19.3.